The van der Waals surface area contributed by atoms with Gasteiger partial charge in [0.05, 0.1) is 19.2 Å². The van der Waals surface area contributed by atoms with Gasteiger partial charge in [-0.3, -0.25) is 34.4 Å². The number of rotatable bonds is 10. The number of carboxylic acids is 1. The van der Waals surface area contributed by atoms with Crippen molar-refractivity contribution in [3.63, 3.8) is 0 Å². The molecule has 0 spiro atoms. The Morgan fingerprint density at radius 1 is 1.07 bits per heavy atom. The monoisotopic (exact) mass is 552 g/mol. The third-order valence-corrected chi connectivity index (χ3v) is 6.34. The molecule has 3 heterocycles. The highest BCUT2D eigenvalue weighted by Crippen LogP contribution is 2.24. The van der Waals surface area contributed by atoms with Gasteiger partial charge >= 0.3 is 12.0 Å². The average molecular weight is 553 g/mol. The number of nitrogens with one attached hydrogen (secondary N) is 2. The van der Waals surface area contributed by atoms with Crippen molar-refractivity contribution in [1.82, 2.24) is 30.8 Å². The van der Waals surface area contributed by atoms with E-state index in [1.807, 2.05) is 0 Å². The van der Waals surface area contributed by atoms with Crippen LogP contribution >= 0.6 is 0 Å². The van der Waals surface area contributed by atoms with E-state index >= 15 is 0 Å². The number of Topliss-reactive ketones (excluding diaryl/α,β-unsaturated/α-hetero) is 1. The quantitative estimate of drug-likeness (QED) is 0.375. The third-order valence-electron chi connectivity index (χ3n) is 6.34. The molecule has 0 radical (unpaired) electrons. The van der Waals surface area contributed by atoms with Crippen LogP contribution in [0.2, 0.25) is 0 Å². The lowest BCUT2D eigenvalue weighted by Crippen LogP contribution is -2.65. The first kappa shape index (κ1) is 28.0. The van der Waals surface area contributed by atoms with Gasteiger partial charge in [-0.15, -0.1) is 0 Å². The van der Waals surface area contributed by atoms with E-state index in [4.69, 9.17) is 4.74 Å². The molecule has 2 aliphatic heterocycles. The van der Waals surface area contributed by atoms with Gasteiger partial charge in [0.25, 0.3) is 5.91 Å². The number of nitrogens with zero attached hydrogens (tertiary/aromatic N) is 4. The summed E-state index contributed by atoms with van der Waals surface area (Å²) in [6, 6.07) is 7.82. The summed E-state index contributed by atoms with van der Waals surface area (Å²) in [6.45, 7) is -0.476. The highest BCUT2D eigenvalue weighted by atomic mass is 16.5. The van der Waals surface area contributed by atoms with Gasteiger partial charge in [0.15, 0.2) is 5.78 Å². The van der Waals surface area contributed by atoms with E-state index in [2.05, 4.69) is 15.7 Å². The second-order valence-corrected chi connectivity index (χ2v) is 9.11. The summed E-state index contributed by atoms with van der Waals surface area (Å²) < 4.78 is 5.36. The Kier molecular flexibility index (Phi) is 8.89. The van der Waals surface area contributed by atoms with Crippen LogP contribution in [0.4, 0.5) is 4.79 Å². The van der Waals surface area contributed by atoms with Crippen LogP contribution in [0.5, 0.6) is 5.75 Å². The molecule has 2 aromatic rings. The van der Waals surface area contributed by atoms with Crippen molar-refractivity contribution in [1.29, 1.82) is 0 Å². The van der Waals surface area contributed by atoms with Crippen LogP contribution < -0.4 is 15.5 Å². The molecule has 2 atom stereocenters. The standard InChI is InChI=1S/C26H28N6O8/c33-21(16-40-18-8-4-11-27-15-18)19(14-23(35)36)28-25(38)20-9-5-12-31-22(34)10-13-30(26(39)32(20)31)29-24(37)17-6-2-1-3-7-17/h1-4,6-8,11,15,19-20H,5,9-10,12-14,16H2,(H,28,38)(H,29,37)(H,35,36)/t19-,20-/m0/s1. The van der Waals surface area contributed by atoms with Gasteiger partial charge in [-0.25, -0.2) is 19.8 Å². The van der Waals surface area contributed by atoms with Crippen molar-refractivity contribution in [2.24, 2.45) is 0 Å². The summed E-state index contributed by atoms with van der Waals surface area (Å²) in [5.41, 5.74) is 2.79. The van der Waals surface area contributed by atoms with Crippen molar-refractivity contribution >= 4 is 35.5 Å². The summed E-state index contributed by atoms with van der Waals surface area (Å²) in [4.78, 5) is 80.6. The predicted octanol–water partition coefficient (Wildman–Crippen LogP) is 0.368. The van der Waals surface area contributed by atoms with E-state index in [0.29, 0.717) is 12.0 Å². The minimum Gasteiger partial charge on any atom is -0.484 e. The highest BCUT2D eigenvalue weighted by molar-refractivity contribution is 5.98. The molecule has 4 rings (SSSR count). The van der Waals surface area contributed by atoms with Gasteiger partial charge in [-0.2, -0.15) is 0 Å². The van der Waals surface area contributed by atoms with Crippen LogP contribution in [0, 0.1) is 0 Å². The molecule has 3 N–H and O–H groups in total. The van der Waals surface area contributed by atoms with Gasteiger partial charge in [0, 0.05) is 24.7 Å². The van der Waals surface area contributed by atoms with E-state index in [0.717, 1.165) is 15.0 Å². The van der Waals surface area contributed by atoms with Crippen LogP contribution in [0.15, 0.2) is 54.9 Å². The first-order valence-electron chi connectivity index (χ1n) is 12.6. The number of ether oxygens (including phenoxy) is 1. The Morgan fingerprint density at radius 2 is 1.85 bits per heavy atom. The van der Waals surface area contributed by atoms with E-state index in [9.17, 15) is 33.9 Å². The van der Waals surface area contributed by atoms with Gasteiger partial charge in [-0.05, 0) is 37.1 Å². The number of carbonyl (C=O) groups excluding carboxylic acids is 5. The second-order valence-electron chi connectivity index (χ2n) is 9.11. The van der Waals surface area contributed by atoms with Crippen LogP contribution in [0.3, 0.4) is 0 Å². The van der Waals surface area contributed by atoms with Crippen molar-refractivity contribution in [2.75, 3.05) is 19.7 Å². The lowest BCUT2D eigenvalue weighted by Gasteiger charge is -2.43. The number of hydrogen-bond acceptors (Lipinski definition) is 8. The van der Waals surface area contributed by atoms with Crippen molar-refractivity contribution in [3.05, 3.63) is 60.4 Å². The van der Waals surface area contributed by atoms with Crippen LogP contribution in [-0.2, 0) is 19.2 Å². The first-order valence-corrected chi connectivity index (χ1v) is 12.6. The van der Waals surface area contributed by atoms with Crippen LogP contribution in [-0.4, -0.2) is 92.4 Å². The zero-order valence-corrected chi connectivity index (χ0v) is 21.4. The van der Waals surface area contributed by atoms with Gasteiger partial charge < -0.3 is 15.2 Å². The number of pyridine rings is 1. The number of aromatic nitrogens is 1. The van der Waals surface area contributed by atoms with E-state index in [1.54, 1.807) is 42.5 Å². The fourth-order valence-corrected chi connectivity index (χ4v) is 4.37. The summed E-state index contributed by atoms with van der Waals surface area (Å²) >= 11 is 0. The maximum absolute atomic E-state index is 13.5. The number of ketones is 1. The SMILES string of the molecule is O=C(O)C[C@H](NC(=O)[C@@H]1CCCN2C(=O)CCN(NC(=O)c3ccccc3)C(=O)N12)C(=O)COc1cccnc1. The Bertz CT molecular complexity index is 1270. The second kappa shape index (κ2) is 12.7. The molecule has 2 aliphatic rings. The maximum Gasteiger partial charge on any atom is 0.358 e. The number of amides is 5. The number of hydrazine groups is 2. The number of benzene rings is 1. The lowest BCUT2D eigenvalue weighted by atomic mass is 10.0. The fourth-order valence-electron chi connectivity index (χ4n) is 4.37. The van der Waals surface area contributed by atoms with Crippen molar-refractivity contribution in [2.45, 2.75) is 37.8 Å². The number of aliphatic carboxylic acids is 1. The highest BCUT2D eigenvalue weighted by Gasteiger charge is 2.44. The lowest BCUT2D eigenvalue weighted by molar-refractivity contribution is -0.155. The molecule has 0 aliphatic carbocycles. The van der Waals surface area contributed by atoms with Crippen LogP contribution in [0.1, 0.15) is 36.0 Å². The largest absolute Gasteiger partial charge is 0.484 e. The number of carboxylic acid groups (broad SMARTS) is 1. The molecule has 2 fully saturated rings. The summed E-state index contributed by atoms with van der Waals surface area (Å²) in [5.74, 6) is -3.57. The zero-order valence-electron chi connectivity index (χ0n) is 21.4. The first-order chi connectivity index (χ1) is 19.2. The zero-order chi connectivity index (χ0) is 28.6. The number of hydrogen-bond donors (Lipinski definition) is 3. The molecule has 0 unspecified atom stereocenters. The fraction of sp³-hybridized carbons (Fsp3) is 0.346. The van der Waals surface area contributed by atoms with Gasteiger partial charge in [0.2, 0.25) is 11.8 Å². The smallest absolute Gasteiger partial charge is 0.358 e. The van der Waals surface area contributed by atoms with Gasteiger partial charge in [0.1, 0.15) is 24.4 Å². The Balaban J connectivity index is 1.50. The number of carbonyl (C=O) groups is 6. The van der Waals surface area contributed by atoms with Crippen molar-refractivity contribution < 1.29 is 38.6 Å². The molecular weight excluding hydrogens is 524 g/mol. The molecular formula is C26H28N6O8. The predicted molar refractivity (Wildman–Crippen MR) is 136 cm³/mol. The normalized spacial score (nSPS) is 17.8. The minimum atomic E-state index is -1.45. The molecule has 14 heteroatoms. The average Bonchev–Trinajstić information content (AvgIpc) is 3.08. The molecule has 2 saturated heterocycles. The topological polar surface area (TPSA) is 179 Å². The Hall–Kier alpha value is -5.01. The number of fused-ring (bicyclic) bond motifs is 1. The Morgan fingerprint density at radius 3 is 2.55 bits per heavy atom. The van der Waals surface area contributed by atoms with Crippen LogP contribution in [0.25, 0.3) is 0 Å². The maximum atomic E-state index is 13.5. The third kappa shape index (κ3) is 6.70. The van der Waals surface area contributed by atoms with E-state index < -0.39 is 60.6 Å². The summed E-state index contributed by atoms with van der Waals surface area (Å²) in [5, 5.41) is 14.9. The summed E-state index contributed by atoms with van der Waals surface area (Å²) in [6.07, 6.45) is 2.59. The number of urea groups is 1. The molecule has 0 bridgehead atoms. The summed E-state index contributed by atoms with van der Waals surface area (Å²) in [7, 11) is 0. The molecule has 1 aromatic carbocycles. The van der Waals surface area contributed by atoms with E-state index in [1.165, 1.54) is 12.4 Å². The minimum absolute atomic E-state index is 0.0997. The van der Waals surface area contributed by atoms with Crippen molar-refractivity contribution in [3.8, 4) is 5.75 Å². The molecule has 0 saturated carbocycles. The van der Waals surface area contributed by atoms with Gasteiger partial charge in [-0.1, -0.05) is 18.2 Å². The van der Waals surface area contributed by atoms with E-state index in [-0.39, 0.29) is 31.7 Å². The molecule has 40 heavy (non-hydrogen) atoms. The Labute approximate surface area is 228 Å². The molecule has 5 amide bonds. The molecule has 210 valence electrons. The molecule has 14 nitrogen and oxygen atoms in total. The molecule has 1 aromatic heterocycles.